The lowest BCUT2D eigenvalue weighted by Crippen LogP contribution is -2.21. The largest absolute Gasteiger partial charge is 0.457 e. The second-order valence-corrected chi connectivity index (χ2v) is 7.80. The van der Waals surface area contributed by atoms with Gasteiger partial charge in [0.05, 0.1) is 19.4 Å². The Kier molecular flexibility index (Phi) is 9.72. The molecule has 0 amide bonds. The summed E-state index contributed by atoms with van der Waals surface area (Å²) < 4.78 is 34.1. The summed E-state index contributed by atoms with van der Waals surface area (Å²) in [5, 5.41) is 0. The number of carbonyl (C=O) groups excluding carboxylic acids is 2. The fourth-order valence-corrected chi connectivity index (χ4v) is 3.72. The second-order valence-electron chi connectivity index (χ2n) is 5.75. The average Bonchev–Trinajstić information content (AvgIpc) is 2.65. The summed E-state index contributed by atoms with van der Waals surface area (Å²) in [7, 11) is -3.59. The molecule has 0 aliphatic carbocycles. The molecule has 148 valence electrons. The molecule has 1 rings (SSSR count). The third kappa shape index (κ3) is 9.33. The van der Waals surface area contributed by atoms with Crippen molar-refractivity contribution in [1.82, 2.24) is 0 Å². The van der Waals surface area contributed by atoms with Crippen molar-refractivity contribution in [2.45, 2.75) is 32.2 Å². The Morgan fingerprint density at radius 2 is 1.41 bits per heavy atom. The minimum atomic E-state index is -3.59. The van der Waals surface area contributed by atoms with E-state index in [-0.39, 0.29) is 19.4 Å². The molecule has 0 aliphatic heterocycles. The van der Waals surface area contributed by atoms with E-state index in [0.717, 1.165) is 17.7 Å². The Balaban J connectivity index is 2.74. The summed E-state index contributed by atoms with van der Waals surface area (Å²) in [6, 6.07) is 9.04. The van der Waals surface area contributed by atoms with Crippen LogP contribution in [0.5, 0.6) is 0 Å². The van der Waals surface area contributed by atoms with Crippen LogP contribution in [-0.2, 0) is 38.8 Å². The van der Waals surface area contributed by atoms with Crippen molar-refractivity contribution in [2.75, 3.05) is 13.2 Å². The standard InChI is InChI=1S/C19H25O7P/c1-5-18(20)25-15(3)12-23-27(22,14-17-10-8-7-9-11-17)24-13-16(4)26-19(21)6-2/h5-11,15-16H,1-2,12-14H2,3-4H3. The number of esters is 2. The lowest BCUT2D eigenvalue weighted by Gasteiger charge is -2.22. The molecular formula is C19H25O7P. The van der Waals surface area contributed by atoms with E-state index in [9.17, 15) is 14.2 Å². The summed E-state index contributed by atoms with van der Waals surface area (Å²) in [6.07, 6.45) is 0.814. The van der Waals surface area contributed by atoms with Gasteiger partial charge in [-0.1, -0.05) is 43.5 Å². The van der Waals surface area contributed by atoms with Gasteiger partial charge in [-0.2, -0.15) is 0 Å². The SMILES string of the molecule is C=CC(=O)OC(C)COP(=O)(Cc1ccccc1)OCC(C)OC(=O)C=C. The zero-order valence-corrected chi connectivity index (χ0v) is 16.4. The highest BCUT2D eigenvalue weighted by Crippen LogP contribution is 2.51. The number of hydrogen-bond donors (Lipinski definition) is 0. The number of hydrogen-bond acceptors (Lipinski definition) is 7. The van der Waals surface area contributed by atoms with Gasteiger partial charge in [0.1, 0.15) is 12.2 Å². The second kappa shape index (κ2) is 11.5. The van der Waals surface area contributed by atoms with Crippen LogP contribution in [0.1, 0.15) is 19.4 Å². The van der Waals surface area contributed by atoms with Gasteiger partial charge in [-0.25, -0.2) is 9.59 Å². The van der Waals surface area contributed by atoms with Crippen LogP contribution in [0.25, 0.3) is 0 Å². The van der Waals surface area contributed by atoms with Crippen molar-refractivity contribution < 1.29 is 32.7 Å². The van der Waals surface area contributed by atoms with Crippen molar-refractivity contribution in [3.8, 4) is 0 Å². The molecule has 7 nitrogen and oxygen atoms in total. The molecule has 0 saturated heterocycles. The fraction of sp³-hybridized carbons (Fsp3) is 0.368. The van der Waals surface area contributed by atoms with Gasteiger partial charge in [-0.3, -0.25) is 4.57 Å². The van der Waals surface area contributed by atoms with Gasteiger partial charge in [0.15, 0.2) is 0 Å². The highest BCUT2D eigenvalue weighted by Gasteiger charge is 2.28. The fourth-order valence-electron chi connectivity index (χ4n) is 1.93. The first-order valence-corrected chi connectivity index (χ1v) is 10.1. The van der Waals surface area contributed by atoms with Gasteiger partial charge in [-0.15, -0.1) is 0 Å². The summed E-state index contributed by atoms with van der Waals surface area (Å²) >= 11 is 0. The Morgan fingerprint density at radius 3 is 1.81 bits per heavy atom. The van der Waals surface area contributed by atoms with Gasteiger partial charge in [0.25, 0.3) is 0 Å². The van der Waals surface area contributed by atoms with Crippen LogP contribution < -0.4 is 0 Å². The molecule has 1 aromatic rings. The van der Waals surface area contributed by atoms with Crippen LogP contribution in [0, 0.1) is 0 Å². The monoisotopic (exact) mass is 396 g/mol. The lowest BCUT2D eigenvalue weighted by atomic mass is 10.2. The minimum Gasteiger partial charge on any atom is -0.457 e. The first-order chi connectivity index (χ1) is 12.8. The normalized spacial score (nSPS) is 15.0. The van der Waals surface area contributed by atoms with Crippen LogP contribution >= 0.6 is 7.60 Å². The topological polar surface area (TPSA) is 88.1 Å². The van der Waals surface area contributed by atoms with Crippen LogP contribution in [0.4, 0.5) is 0 Å². The van der Waals surface area contributed by atoms with E-state index < -0.39 is 31.7 Å². The van der Waals surface area contributed by atoms with E-state index in [2.05, 4.69) is 13.2 Å². The van der Waals surface area contributed by atoms with E-state index in [1.54, 1.807) is 26.0 Å². The summed E-state index contributed by atoms with van der Waals surface area (Å²) in [4.78, 5) is 22.5. The Labute approximate surface area is 159 Å². The van der Waals surface area contributed by atoms with Crippen LogP contribution in [-0.4, -0.2) is 37.4 Å². The molecular weight excluding hydrogens is 371 g/mol. The molecule has 0 spiro atoms. The van der Waals surface area contributed by atoms with Crippen LogP contribution in [0.15, 0.2) is 55.6 Å². The number of carbonyl (C=O) groups is 2. The van der Waals surface area contributed by atoms with Crippen molar-refractivity contribution >= 4 is 19.5 Å². The molecule has 2 unspecified atom stereocenters. The maximum absolute atomic E-state index is 13.1. The van der Waals surface area contributed by atoms with Gasteiger partial charge in [0.2, 0.25) is 0 Å². The van der Waals surface area contributed by atoms with Crippen LogP contribution in [0.2, 0.25) is 0 Å². The highest BCUT2D eigenvalue weighted by atomic mass is 31.2. The molecule has 8 heteroatoms. The average molecular weight is 396 g/mol. The molecule has 2 atom stereocenters. The molecule has 0 saturated carbocycles. The molecule has 0 heterocycles. The molecule has 0 fully saturated rings. The van der Waals surface area contributed by atoms with Gasteiger partial charge < -0.3 is 18.5 Å². The zero-order valence-electron chi connectivity index (χ0n) is 15.5. The third-order valence-electron chi connectivity index (χ3n) is 3.20. The molecule has 0 N–H and O–H groups in total. The Morgan fingerprint density at radius 1 is 0.963 bits per heavy atom. The first-order valence-electron chi connectivity index (χ1n) is 8.36. The molecule has 27 heavy (non-hydrogen) atoms. The predicted molar refractivity (Wildman–Crippen MR) is 101 cm³/mol. The number of benzene rings is 1. The van der Waals surface area contributed by atoms with E-state index in [0.29, 0.717) is 0 Å². The van der Waals surface area contributed by atoms with Crippen molar-refractivity contribution in [1.29, 1.82) is 0 Å². The van der Waals surface area contributed by atoms with Gasteiger partial charge in [-0.05, 0) is 19.4 Å². The van der Waals surface area contributed by atoms with Gasteiger partial charge >= 0.3 is 19.5 Å². The Bertz CT molecular complexity index is 651. The molecule has 0 radical (unpaired) electrons. The quantitative estimate of drug-likeness (QED) is 0.303. The maximum Gasteiger partial charge on any atom is 0.335 e. The van der Waals surface area contributed by atoms with Crippen molar-refractivity contribution in [3.63, 3.8) is 0 Å². The Hall–Kier alpha value is -2.21. The van der Waals surface area contributed by atoms with Crippen molar-refractivity contribution in [2.24, 2.45) is 0 Å². The predicted octanol–water partition coefficient (Wildman–Crippen LogP) is 3.65. The lowest BCUT2D eigenvalue weighted by molar-refractivity contribution is -0.143. The van der Waals surface area contributed by atoms with Gasteiger partial charge in [0, 0.05) is 12.2 Å². The van der Waals surface area contributed by atoms with Crippen LogP contribution in [0.3, 0.4) is 0 Å². The number of rotatable bonds is 12. The highest BCUT2D eigenvalue weighted by molar-refractivity contribution is 7.53. The maximum atomic E-state index is 13.1. The molecule has 0 bridgehead atoms. The summed E-state index contributed by atoms with van der Waals surface area (Å²) in [5.41, 5.74) is 0.757. The third-order valence-corrected chi connectivity index (χ3v) is 5.04. The van der Waals surface area contributed by atoms with E-state index >= 15 is 0 Å². The van der Waals surface area contributed by atoms with E-state index in [4.69, 9.17) is 18.5 Å². The first kappa shape index (κ1) is 22.8. The minimum absolute atomic E-state index is 0.0259. The number of ether oxygens (including phenoxy) is 2. The zero-order chi connectivity index (χ0) is 20.3. The van der Waals surface area contributed by atoms with E-state index in [1.807, 2.05) is 18.2 Å². The van der Waals surface area contributed by atoms with Crippen molar-refractivity contribution in [3.05, 3.63) is 61.2 Å². The summed E-state index contributed by atoms with van der Waals surface area (Å²) in [6.45, 7) is 9.59. The summed E-state index contributed by atoms with van der Waals surface area (Å²) in [5.74, 6) is -1.20. The molecule has 0 aromatic heterocycles. The molecule has 1 aromatic carbocycles. The van der Waals surface area contributed by atoms with E-state index in [1.165, 1.54) is 0 Å². The molecule has 0 aliphatic rings. The smallest absolute Gasteiger partial charge is 0.335 e.